The second-order valence-corrected chi connectivity index (χ2v) is 10.2. The molecule has 0 radical (unpaired) electrons. The van der Waals surface area contributed by atoms with Crippen LogP contribution < -0.4 is 4.72 Å². The van der Waals surface area contributed by atoms with Gasteiger partial charge in [0.15, 0.2) is 0 Å². The van der Waals surface area contributed by atoms with Gasteiger partial charge in [-0.3, -0.25) is 0 Å². The van der Waals surface area contributed by atoms with Gasteiger partial charge < -0.3 is 0 Å². The Balaban J connectivity index is 1.34. The monoisotopic (exact) mass is 445 g/mol. The van der Waals surface area contributed by atoms with Gasteiger partial charge in [-0.25, -0.2) is 17.5 Å². The van der Waals surface area contributed by atoms with Crippen molar-refractivity contribution in [1.29, 1.82) is 0 Å². The van der Waals surface area contributed by atoms with Crippen molar-refractivity contribution in [3.8, 4) is 0 Å². The van der Waals surface area contributed by atoms with Gasteiger partial charge in [0.1, 0.15) is 5.82 Å². The minimum atomic E-state index is -3.46. The molecule has 0 bridgehead atoms. The zero-order valence-corrected chi connectivity index (χ0v) is 18.4. The Morgan fingerprint density at radius 3 is 2.53 bits per heavy atom. The fourth-order valence-electron chi connectivity index (χ4n) is 4.64. The van der Waals surface area contributed by atoms with Crippen LogP contribution in [-0.2, 0) is 22.9 Å². The molecule has 1 atom stereocenters. The molecule has 0 aromatic heterocycles. The summed E-state index contributed by atoms with van der Waals surface area (Å²) in [6.07, 6.45) is 5.64. The number of hydrogen-bond acceptors (Lipinski definition) is 2. The molecule has 162 valence electrons. The van der Waals surface area contributed by atoms with Gasteiger partial charge in [-0.15, -0.1) is 0 Å². The topological polar surface area (TPSA) is 46.2 Å². The molecule has 3 nitrogen and oxygen atoms in total. The van der Waals surface area contributed by atoms with Crippen LogP contribution in [0.4, 0.5) is 4.39 Å². The second-order valence-electron chi connectivity index (χ2n) is 8.38. The van der Waals surface area contributed by atoms with Crippen molar-refractivity contribution >= 4 is 37.6 Å². The summed E-state index contributed by atoms with van der Waals surface area (Å²) in [6.45, 7) is 0. The maximum atomic E-state index is 13.0. The van der Waals surface area contributed by atoms with Crippen molar-refractivity contribution < 1.29 is 12.8 Å². The highest BCUT2D eigenvalue weighted by molar-refractivity contribution is 7.89. The van der Waals surface area contributed by atoms with Gasteiger partial charge >= 0.3 is 0 Å². The zero-order valence-electron chi connectivity index (χ0n) is 17.6. The van der Waals surface area contributed by atoms with Gasteiger partial charge in [-0.05, 0) is 69.6 Å². The Labute approximate surface area is 187 Å². The van der Waals surface area contributed by atoms with Crippen LogP contribution in [0, 0.1) is 5.82 Å². The van der Waals surface area contributed by atoms with E-state index in [2.05, 4.69) is 47.2 Å². The highest BCUT2D eigenvalue weighted by Gasteiger charge is 2.24. The quantitative estimate of drug-likeness (QED) is 0.405. The van der Waals surface area contributed by atoms with Gasteiger partial charge in [0.2, 0.25) is 10.0 Å². The van der Waals surface area contributed by atoms with Gasteiger partial charge in [0.05, 0.1) is 5.75 Å². The van der Waals surface area contributed by atoms with E-state index in [1.807, 2.05) is 6.07 Å². The van der Waals surface area contributed by atoms with Crippen LogP contribution in [0.15, 0.2) is 78.9 Å². The van der Waals surface area contributed by atoms with Gasteiger partial charge in [0, 0.05) is 6.04 Å². The molecule has 0 spiro atoms. The minimum absolute atomic E-state index is 0.103. The van der Waals surface area contributed by atoms with E-state index in [9.17, 15) is 12.8 Å². The number of sulfonamides is 1. The summed E-state index contributed by atoms with van der Waals surface area (Å²) in [5.41, 5.74) is 3.32. The number of aryl methyl sites for hydroxylation is 1. The molecule has 0 amide bonds. The molecule has 0 saturated carbocycles. The molecule has 4 aromatic carbocycles. The number of fused-ring (bicyclic) bond motifs is 5. The molecule has 4 aromatic rings. The maximum Gasteiger partial charge on any atom is 0.215 e. The lowest BCUT2D eigenvalue weighted by molar-refractivity contribution is 0.511. The maximum absolute atomic E-state index is 13.0. The lowest BCUT2D eigenvalue weighted by Crippen LogP contribution is -2.39. The van der Waals surface area contributed by atoms with Crippen LogP contribution in [0.2, 0.25) is 0 Å². The Morgan fingerprint density at radius 1 is 0.906 bits per heavy atom. The molecule has 0 fully saturated rings. The number of rotatable bonds is 5. The van der Waals surface area contributed by atoms with E-state index in [4.69, 9.17) is 0 Å². The van der Waals surface area contributed by atoms with Crippen molar-refractivity contribution in [3.05, 3.63) is 101 Å². The smallest absolute Gasteiger partial charge is 0.212 e. The SMILES string of the molecule is O=S(=O)(CC=Cc1ccc(F)cc1)N[C@@H]1CCc2ccc3c(ccc4ccccc43)c2C1. The van der Waals surface area contributed by atoms with Crippen molar-refractivity contribution in [3.63, 3.8) is 0 Å². The molecular weight excluding hydrogens is 421 g/mol. The van der Waals surface area contributed by atoms with Crippen LogP contribution in [-0.4, -0.2) is 20.2 Å². The molecule has 32 heavy (non-hydrogen) atoms. The van der Waals surface area contributed by atoms with Crippen molar-refractivity contribution in [2.24, 2.45) is 0 Å². The first-order valence-corrected chi connectivity index (χ1v) is 12.5. The number of halogens is 1. The highest BCUT2D eigenvalue weighted by atomic mass is 32.2. The number of hydrogen-bond donors (Lipinski definition) is 1. The summed E-state index contributed by atoms with van der Waals surface area (Å²) in [5.74, 6) is -0.414. The van der Waals surface area contributed by atoms with Crippen molar-refractivity contribution in [2.45, 2.75) is 25.3 Å². The molecule has 1 aliphatic rings. The summed E-state index contributed by atoms with van der Waals surface area (Å²) in [4.78, 5) is 0. The average Bonchev–Trinajstić information content (AvgIpc) is 2.79. The average molecular weight is 446 g/mol. The number of nitrogens with one attached hydrogen (secondary N) is 1. The van der Waals surface area contributed by atoms with Gasteiger partial charge in [-0.1, -0.05) is 72.8 Å². The Kier molecular flexibility index (Phi) is 5.53. The second kappa shape index (κ2) is 8.49. The van der Waals surface area contributed by atoms with Crippen molar-refractivity contribution in [2.75, 3.05) is 5.75 Å². The Bertz CT molecular complexity index is 1430. The fourth-order valence-corrected chi connectivity index (χ4v) is 5.79. The molecule has 5 heteroatoms. The molecule has 5 rings (SSSR count). The van der Waals surface area contributed by atoms with Crippen LogP contribution in [0.1, 0.15) is 23.1 Å². The molecular formula is C27H24FNO2S. The van der Waals surface area contributed by atoms with E-state index in [1.54, 1.807) is 24.3 Å². The first-order valence-electron chi connectivity index (χ1n) is 10.8. The summed E-state index contributed by atoms with van der Waals surface area (Å²) in [5, 5.41) is 4.86. The predicted molar refractivity (Wildman–Crippen MR) is 130 cm³/mol. The van der Waals surface area contributed by atoms with E-state index in [1.165, 1.54) is 44.8 Å². The Morgan fingerprint density at radius 2 is 1.69 bits per heavy atom. The van der Waals surface area contributed by atoms with Crippen LogP contribution in [0.5, 0.6) is 0 Å². The third-order valence-corrected chi connectivity index (χ3v) is 7.51. The van der Waals surface area contributed by atoms with Crippen LogP contribution >= 0.6 is 0 Å². The standard InChI is InChI=1S/C27H24FNO2S/c28-22-12-7-19(8-13-22)4-3-17-32(30,31)29-23-14-9-21-11-15-25-24-6-2-1-5-20(24)10-16-26(25)27(21)18-23/h1-8,10-13,15-16,23,29H,9,14,17-18H2/t23-/m1/s1. The predicted octanol–water partition coefficient (Wildman–Crippen LogP) is 5.62. The molecule has 0 heterocycles. The van der Waals surface area contributed by atoms with E-state index in [0.29, 0.717) is 6.42 Å². The molecule has 0 saturated heterocycles. The van der Waals surface area contributed by atoms with Gasteiger partial charge in [-0.2, -0.15) is 0 Å². The third-order valence-electron chi connectivity index (χ3n) is 6.19. The van der Waals surface area contributed by atoms with Crippen LogP contribution in [0.25, 0.3) is 27.6 Å². The van der Waals surface area contributed by atoms with Gasteiger partial charge in [0.25, 0.3) is 0 Å². The zero-order chi connectivity index (χ0) is 22.1. The first kappa shape index (κ1) is 20.9. The summed E-state index contributed by atoms with van der Waals surface area (Å²) in [7, 11) is -3.46. The molecule has 1 aliphatic carbocycles. The minimum Gasteiger partial charge on any atom is -0.212 e. The first-order chi connectivity index (χ1) is 15.5. The Hall–Kier alpha value is -3.02. The molecule has 0 aliphatic heterocycles. The molecule has 0 unspecified atom stereocenters. The summed E-state index contributed by atoms with van der Waals surface area (Å²) < 4.78 is 41.2. The van der Waals surface area contributed by atoms with E-state index < -0.39 is 10.0 Å². The molecule has 1 N–H and O–H groups in total. The van der Waals surface area contributed by atoms with Crippen LogP contribution in [0.3, 0.4) is 0 Å². The van der Waals surface area contributed by atoms with E-state index in [0.717, 1.165) is 18.4 Å². The van der Waals surface area contributed by atoms with Crippen molar-refractivity contribution in [1.82, 2.24) is 4.72 Å². The lowest BCUT2D eigenvalue weighted by atomic mass is 9.84. The normalized spacial score (nSPS) is 16.6. The van der Waals surface area contributed by atoms with E-state index >= 15 is 0 Å². The highest BCUT2D eigenvalue weighted by Crippen LogP contribution is 2.33. The number of benzene rings is 4. The largest absolute Gasteiger partial charge is 0.215 e. The fraction of sp³-hybridized carbons (Fsp3) is 0.185. The third kappa shape index (κ3) is 4.31. The summed E-state index contributed by atoms with van der Waals surface area (Å²) >= 11 is 0. The van der Waals surface area contributed by atoms with E-state index in [-0.39, 0.29) is 17.6 Å². The lowest BCUT2D eigenvalue weighted by Gasteiger charge is -2.26. The summed E-state index contributed by atoms with van der Waals surface area (Å²) in [6, 6.07) is 22.9.